The van der Waals surface area contributed by atoms with Gasteiger partial charge in [-0.15, -0.1) is 0 Å². The molecule has 0 spiro atoms. The van der Waals surface area contributed by atoms with E-state index in [4.69, 9.17) is 5.73 Å². The number of nitrogens with zero attached hydrogens (tertiary/aromatic N) is 2. The van der Waals surface area contributed by atoms with Gasteiger partial charge in [0.25, 0.3) is 0 Å². The second kappa shape index (κ2) is 4.19. The predicted octanol–water partition coefficient (Wildman–Crippen LogP) is 1.63. The van der Waals surface area contributed by atoms with Gasteiger partial charge in [0.2, 0.25) is 0 Å². The molecule has 3 nitrogen and oxygen atoms in total. The minimum Gasteiger partial charge on any atom is -0.369 e. The maximum Gasteiger partial charge on any atom is 0.0598 e. The number of aromatic nitrogens is 1. The van der Waals surface area contributed by atoms with E-state index >= 15 is 0 Å². The molecule has 2 N–H and O–H groups in total. The highest BCUT2D eigenvalue weighted by molar-refractivity contribution is 5.52. The largest absolute Gasteiger partial charge is 0.369 e. The number of nitrogens with two attached hydrogens (primary N) is 1. The lowest BCUT2D eigenvalue weighted by Crippen LogP contribution is -2.21. The molecule has 0 aromatic carbocycles. The molecule has 2 atom stereocenters. The van der Waals surface area contributed by atoms with Crippen LogP contribution in [0.25, 0.3) is 0 Å². The molecule has 0 amide bonds. The van der Waals surface area contributed by atoms with E-state index in [2.05, 4.69) is 23.7 Å². The second-order valence-corrected chi connectivity index (χ2v) is 4.57. The standard InChI is InChI=1S/C12H19N3/c1-9-7-15(8-10(9)2)12-6-14-4-3-11(12)5-13/h3-4,6,9-10H,5,7-8,13H2,1-2H3. The topological polar surface area (TPSA) is 42.2 Å². The van der Waals surface area contributed by atoms with Crippen LogP contribution in [0.1, 0.15) is 19.4 Å². The van der Waals surface area contributed by atoms with Crippen LogP contribution in [0.15, 0.2) is 18.5 Å². The molecule has 0 bridgehead atoms. The number of pyridine rings is 1. The zero-order valence-corrected chi connectivity index (χ0v) is 9.48. The van der Waals surface area contributed by atoms with Gasteiger partial charge in [-0.2, -0.15) is 0 Å². The molecular formula is C12H19N3. The van der Waals surface area contributed by atoms with Gasteiger partial charge in [0.15, 0.2) is 0 Å². The lowest BCUT2D eigenvalue weighted by molar-refractivity contribution is 0.494. The van der Waals surface area contributed by atoms with Gasteiger partial charge in [-0.25, -0.2) is 0 Å². The first-order valence-corrected chi connectivity index (χ1v) is 5.60. The van der Waals surface area contributed by atoms with Crippen LogP contribution in [-0.2, 0) is 6.54 Å². The molecule has 1 aromatic rings. The van der Waals surface area contributed by atoms with Crippen molar-refractivity contribution in [1.82, 2.24) is 4.98 Å². The quantitative estimate of drug-likeness (QED) is 0.798. The van der Waals surface area contributed by atoms with Crippen molar-refractivity contribution in [3.63, 3.8) is 0 Å². The summed E-state index contributed by atoms with van der Waals surface area (Å²) < 4.78 is 0. The number of rotatable bonds is 2. The first kappa shape index (κ1) is 10.4. The van der Waals surface area contributed by atoms with Crippen LogP contribution in [-0.4, -0.2) is 18.1 Å². The summed E-state index contributed by atoms with van der Waals surface area (Å²) in [5, 5.41) is 0. The number of hydrogen-bond donors (Lipinski definition) is 1. The Morgan fingerprint density at radius 3 is 2.67 bits per heavy atom. The lowest BCUT2D eigenvalue weighted by atomic mass is 10.0. The predicted molar refractivity (Wildman–Crippen MR) is 62.7 cm³/mol. The van der Waals surface area contributed by atoms with Gasteiger partial charge >= 0.3 is 0 Å². The Morgan fingerprint density at radius 1 is 1.40 bits per heavy atom. The molecule has 2 rings (SSSR count). The Kier molecular flexibility index (Phi) is 2.91. The van der Waals surface area contributed by atoms with Crippen LogP contribution < -0.4 is 10.6 Å². The van der Waals surface area contributed by atoms with E-state index in [1.807, 2.05) is 18.5 Å². The van der Waals surface area contributed by atoms with Crippen LogP contribution in [0.5, 0.6) is 0 Å². The first-order chi connectivity index (χ1) is 7.22. The third-order valence-corrected chi connectivity index (χ3v) is 3.44. The molecule has 0 saturated carbocycles. The highest BCUT2D eigenvalue weighted by atomic mass is 15.2. The number of hydrogen-bond acceptors (Lipinski definition) is 3. The van der Waals surface area contributed by atoms with Crippen LogP contribution in [0.4, 0.5) is 5.69 Å². The van der Waals surface area contributed by atoms with Gasteiger partial charge in [0, 0.05) is 25.8 Å². The molecule has 2 heterocycles. The fraction of sp³-hybridized carbons (Fsp3) is 0.583. The maximum atomic E-state index is 5.73. The molecule has 2 unspecified atom stereocenters. The van der Waals surface area contributed by atoms with E-state index in [-0.39, 0.29) is 0 Å². The molecule has 82 valence electrons. The summed E-state index contributed by atoms with van der Waals surface area (Å²) in [6.07, 6.45) is 3.75. The van der Waals surface area contributed by atoms with E-state index in [1.54, 1.807) is 0 Å². The SMILES string of the molecule is CC1CN(c2cnccc2CN)CC1C. The van der Waals surface area contributed by atoms with Crippen molar-refractivity contribution in [2.24, 2.45) is 17.6 Å². The fourth-order valence-corrected chi connectivity index (χ4v) is 2.20. The average molecular weight is 205 g/mol. The van der Waals surface area contributed by atoms with Crippen molar-refractivity contribution < 1.29 is 0 Å². The van der Waals surface area contributed by atoms with Crippen LogP contribution in [0.3, 0.4) is 0 Å². The first-order valence-electron chi connectivity index (χ1n) is 5.60. The molecule has 1 saturated heterocycles. The molecule has 0 aliphatic carbocycles. The minimum absolute atomic E-state index is 0.594. The third-order valence-electron chi connectivity index (χ3n) is 3.44. The highest BCUT2D eigenvalue weighted by Gasteiger charge is 2.27. The normalized spacial score (nSPS) is 25.9. The van der Waals surface area contributed by atoms with Gasteiger partial charge in [-0.1, -0.05) is 13.8 Å². The van der Waals surface area contributed by atoms with E-state index in [1.165, 1.54) is 11.3 Å². The van der Waals surface area contributed by atoms with E-state index in [0.717, 1.165) is 24.9 Å². The highest BCUT2D eigenvalue weighted by Crippen LogP contribution is 2.29. The van der Waals surface area contributed by atoms with Crippen LogP contribution in [0, 0.1) is 11.8 Å². The maximum absolute atomic E-state index is 5.73. The molecule has 1 aromatic heterocycles. The molecule has 15 heavy (non-hydrogen) atoms. The van der Waals surface area contributed by atoms with Crippen molar-refractivity contribution in [2.75, 3.05) is 18.0 Å². The molecule has 0 radical (unpaired) electrons. The Bertz CT molecular complexity index is 327. The second-order valence-electron chi connectivity index (χ2n) is 4.57. The summed E-state index contributed by atoms with van der Waals surface area (Å²) >= 11 is 0. The van der Waals surface area contributed by atoms with Crippen molar-refractivity contribution in [2.45, 2.75) is 20.4 Å². The zero-order valence-electron chi connectivity index (χ0n) is 9.48. The molecule has 3 heteroatoms. The summed E-state index contributed by atoms with van der Waals surface area (Å²) in [4.78, 5) is 6.60. The summed E-state index contributed by atoms with van der Waals surface area (Å²) in [7, 11) is 0. The summed E-state index contributed by atoms with van der Waals surface area (Å²) in [6, 6.07) is 2.02. The van der Waals surface area contributed by atoms with E-state index in [0.29, 0.717) is 6.54 Å². The average Bonchev–Trinajstić information content (AvgIpc) is 2.59. The van der Waals surface area contributed by atoms with Crippen LogP contribution >= 0.6 is 0 Å². The fourth-order valence-electron chi connectivity index (χ4n) is 2.20. The zero-order chi connectivity index (χ0) is 10.8. The molecule has 1 aliphatic heterocycles. The summed E-state index contributed by atoms with van der Waals surface area (Å²) in [5.74, 6) is 1.52. The van der Waals surface area contributed by atoms with Gasteiger partial charge in [0.05, 0.1) is 11.9 Å². The molecular weight excluding hydrogens is 186 g/mol. The summed E-state index contributed by atoms with van der Waals surface area (Å²) in [6.45, 7) is 7.46. The van der Waals surface area contributed by atoms with Crippen molar-refractivity contribution in [3.05, 3.63) is 24.0 Å². The Hall–Kier alpha value is -1.09. The lowest BCUT2D eigenvalue weighted by Gasteiger charge is -2.20. The van der Waals surface area contributed by atoms with Crippen molar-refractivity contribution >= 4 is 5.69 Å². The molecule has 1 aliphatic rings. The van der Waals surface area contributed by atoms with Crippen molar-refractivity contribution in [3.8, 4) is 0 Å². The van der Waals surface area contributed by atoms with Crippen molar-refractivity contribution in [1.29, 1.82) is 0 Å². The Labute approximate surface area is 91.3 Å². The van der Waals surface area contributed by atoms with E-state index in [9.17, 15) is 0 Å². The summed E-state index contributed by atoms with van der Waals surface area (Å²) in [5.41, 5.74) is 8.15. The molecule has 1 fully saturated rings. The number of anilines is 1. The van der Waals surface area contributed by atoms with Gasteiger partial charge in [-0.05, 0) is 23.5 Å². The monoisotopic (exact) mass is 205 g/mol. The van der Waals surface area contributed by atoms with Gasteiger partial charge in [0.1, 0.15) is 0 Å². The Balaban J connectivity index is 2.23. The van der Waals surface area contributed by atoms with Gasteiger partial charge < -0.3 is 10.6 Å². The van der Waals surface area contributed by atoms with E-state index < -0.39 is 0 Å². The Morgan fingerprint density at radius 2 is 2.07 bits per heavy atom. The smallest absolute Gasteiger partial charge is 0.0598 e. The third kappa shape index (κ3) is 1.97. The van der Waals surface area contributed by atoms with Crippen LogP contribution in [0.2, 0.25) is 0 Å². The van der Waals surface area contributed by atoms with Gasteiger partial charge in [-0.3, -0.25) is 4.98 Å². The minimum atomic E-state index is 0.594.